The van der Waals surface area contributed by atoms with E-state index in [2.05, 4.69) is 0 Å². The lowest BCUT2D eigenvalue weighted by atomic mass is 10.2. The second-order valence-corrected chi connectivity index (χ2v) is 6.96. The van der Waals surface area contributed by atoms with Gasteiger partial charge in [0.05, 0.1) is 17.2 Å². The Morgan fingerprint density at radius 2 is 2.16 bits per heavy atom. The number of carbonyl (C=O) groups excluding carboxylic acids is 1. The average Bonchev–Trinajstić information content (AvgIpc) is 2.75. The molecule has 6 heteroatoms. The van der Waals surface area contributed by atoms with E-state index in [0.717, 1.165) is 10.6 Å². The van der Waals surface area contributed by atoms with Crippen molar-refractivity contribution in [2.45, 2.75) is 4.90 Å². The van der Waals surface area contributed by atoms with Gasteiger partial charge in [0.25, 0.3) is 0 Å². The maximum atomic E-state index is 12.0. The van der Waals surface area contributed by atoms with E-state index in [1.54, 1.807) is 13.2 Å². The molecule has 0 saturated carbocycles. The SMILES string of the molecule is COc1cccc(SCC(=O)c2cc(Cl)sc2Cl)c1. The number of carbonyl (C=O) groups is 1. The van der Waals surface area contributed by atoms with E-state index in [1.807, 2.05) is 24.3 Å². The van der Waals surface area contributed by atoms with Gasteiger partial charge in [0, 0.05) is 10.5 Å². The number of hydrogen-bond acceptors (Lipinski definition) is 4. The van der Waals surface area contributed by atoms with Crippen molar-refractivity contribution >= 4 is 52.1 Å². The van der Waals surface area contributed by atoms with Gasteiger partial charge in [-0.25, -0.2) is 0 Å². The van der Waals surface area contributed by atoms with Gasteiger partial charge >= 0.3 is 0 Å². The zero-order valence-corrected chi connectivity index (χ0v) is 13.1. The van der Waals surface area contributed by atoms with Crippen molar-refractivity contribution in [2.24, 2.45) is 0 Å². The predicted molar refractivity (Wildman–Crippen MR) is 82.4 cm³/mol. The highest BCUT2D eigenvalue weighted by atomic mass is 35.5. The molecule has 0 saturated heterocycles. The number of halogens is 2. The number of thiophene rings is 1. The molecule has 0 radical (unpaired) electrons. The number of Topliss-reactive ketones (excluding diaryl/α,β-unsaturated/α-hetero) is 1. The third-order valence-electron chi connectivity index (χ3n) is 2.37. The fourth-order valence-corrected chi connectivity index (χ4v) is 3.77. The van der Waals surface area contributed by atoms with Gasteiger partial charge in [-0.2, -0.15) is 0 Å². The molecule has 0 unspecified atom stereocenters. The summed E-state index contributed by atoms with van der Waals surface area (Å²) in [6.45, 7) is 0. The van der Waals surface area contributed by atoms with Crippen LogP contribution in [0.25, 0.3) is 0 Å². The number of ketones is 1. The Hall–Kier alpha value is -0.680. The van der Waals surface area contributed by atoms with Gasteiger partial charge in [0.15, 0.2) is 5.78 Å². The lowest BCUT2D eigenvalue weighted by Gasteiger charge is -2.03. The molecule has 2 nitrogen and oxygen atoms in total. The summed E-state index contributed by atoms with van der Waals surface area (Å²) in [5.41, 5.74) is 0.493. The van der Waals surface area contributed by atoms with Crippen molar-refractivity contribution in [2.75, 3.05) is 12.9 Å². The van der Waals surface area contributed by atoms with Gasteiger partial charge in [0.1, 0.15) is 10.1 Å². The van der Waals surface area contributed by atoms with Crippen LogP contribution in [-0.4, -0.2) is 18.6 Å². The third kappa shape index (κ3) is 3.89. The molecule has 1 aromatic carbocycles. The first-order valence-electron chi connectivity index (χ1n) is 5.35. The molecule has 0 aliphatic rings. The van der Waals surface area contributed by atoms with E-state index < -0.39 is 0 Å². The maximum Gasteiger partial charge on any atom is 0.175 e. The molecule has 0 amide bonds. The van der Waals surface area contributed by atoms with Gasteiger partial charge in [-0.15, -0.1) is 23.1 Å². The number of benzene rings is 1. The van der Waals surface area contributed by atoms with Crippen molar-refractivity contribution in [3.05, 3.63) is 44.6 Å². The van der Waals surface area contributed by atoms with E-state index in [-0.39, 0.29) is 5.78 Å². The topological polar surface area (TPSA) is 26.3 Å². The zero-order chi connectivity index (χ0) is 13.8. The fraction of sp³-hybridized carbons (Fsp3) is 0.154. The molecule has 1 aromatic heterocycles. The Bertz CT molecular complexity index is 596. The zero-order valence-electron chi connectivity index (χ0n) is 9.98. The van der Waals surface area contributed by atoms with E-state index in [1.165, 1.54) is 23.1 Å². The van der Waals surface area contributed by atoms with Crippen LogP contribution >= 0.6 is 46.3 Å². The summed E-state index contributed by atoms with van der Waals surface area (Å²) in [6, 6.07) is 9.19. The van der Waals surface area contributed by atoms with Crippen molar-refractivity contribution in [1.29, 1.82) is 0 Å². The van der Waals surface area contributed by atoms with Crippen LogP contribution in [0.1, 0.15) is 10.4 Å². The van der Waals surface area contributed by atoms with Crippen molar-refractivity contribution in [3.8, 4) is 5.75 Å². The van der Waals surface area contributed by atoms with Gasteiger partial charge < -0.3 is 4.74 Å². The molecular weight excluding hydrogens is 323 g/mol. The highest BCUT2D eigenvalue weighted by Crippen LogP contribution is 2.32. The van der Waals surface area contributed by atoms with Crippen molar-refractivity contribution < 1.29 is 9.53 Å². The smallest absolute Gasteiger partial charge is 0.175 e. The highest BCUT2D eigenvalue weighted by Gasteiger charge is 2.14. The van der Waals surface area contributed by atoms with Crippen LogP contribution in [0.3, 0.4) is 0 Å². The van der Waals surface area contributed by atoms with E-state index in [4.69, 9.17) is 27.9 Å². The summed E-state index contributed by atoms with van der Waals surface area (Å²) >= 11 is 14.4. The molecule has 19 heavy (non-hydrogen) atoms. The molecule has 0 spiro atoms. The van der Waals surface area contributed by atoms with Gasteiger partial charge in [0.2, 0.25) is 0 Å². The predicted octanol–water partition coefficient (Wildman–Crippen LogP) is 5.04. The first-order valence-corrected chi connectivity index (χ1v) is 7.91. The Balaban J connectivity index is 2.02. The lowest BCUT2D eigenvalue weighted by molar-refractivity contribution is 0.102. The molecule has 0 aliphatic carbocycles. The maximum absolute atomic E-state index is 12.0. The minimum Gasteiger partial charge on any atom is -0.497 e. The van der Waals surface area contributed by atoms with Crippen LogP contribution in [0.2, 0.25) is 8.67 Å². The molecule has 0 fully saturated rings. The van der Waals surface area contributed by atoms with Crippen LogP contribution < -0.4 is 4.74 Å². The number of thioether (sulfide) groups is 1. The van der Waals surface area contributed by atoms with E-state index in [9.17, 15) is 4.79 Å². The third-order valence-corrected chi connectivity index (χ3v) is 4.85. The molecule has 1 heterocycles. The average molecular weight is 333 g/mol. The Kier molecular flexibility index (Phi) is 5.16. The second kappa shape index (κ2) is 6.66. The normalized spacial score (nSPS) is 10.5. The summed E-state index contributed by atoms with van der Waals surface area (Å²) in [5.74, 6) is 1.06. The number of methoxy groups -OCH3 is 1. The standard InChI is InChI=1S/C13H10Cl2O2S2/c1-17-8-3-2-4-9(5-8)18-7-11(16)10-6-12(14)19-13(10)15/h2-6H,7H2,1H3. The van der Waals surface area contributed by atoms with E-state index >= 15 is 0 Å². The number of ether oxygens (including phenoxy) is 1. The van der Waals surface area contributed by atoms with Gasteiger partial charge in [-0.05, 0) is 24.3 Å². The molecule has 0 bridgehead atoms. The van der Waals surface area contributed by atoms with Crippen LogP contribution in [0.4, 0.5) is 0 Å². The van der Waals surface area contributed by atoms with Crippen LogP contribution in [0.15, 0.2) is 35.2 Å². The first-order chi connectivity index (χ1) is 9.10. The minimum absolute atomic E-state index is 0.0269. The second-order valence-electron chi connectivity index (χ2n) is 3.63. The molecule has 2 rings (SSSR count). The molecule has 0 N–H and O–H groups in total. The molecule has 0 aliphatic heterocycles. The van der Waals surface area contributed by atoms with Crippen molar-refractivity contribution in [1.82, 2.24) is 0 Å². The summed E-state index contributed by atoms with van der Waals surface area (Å²) in [7, 11) is 1.61. The van der Waals surface area contributed by atoms with Crippen molar-refractivity contribution in [3.63, 3.8) is 0 Å². The largest absolute Gasteiger partial charge is 0.497 e. The van der Waals surface area contributed by atoms with Gasteiger partial charge in [-0.3, -0.25) is 4.79 Å². The molecule has 2 aromatic rings. The minimum atomic E-state index is -0.0269. The summed E-state index contributed by atoms with van der Waals surface area (Å²) < 4.78 is 6.11. The lowest BCUT2D eigenvalue weighted by Crippen LogP contribution is -2.01. The molecule has 0 atom stereocenters. The highest BCUT2D eigenvalue weighted by molar-refractivity contribution is 8.00. The van der Waals surface area contributed by atoms with E-state index in [0.29, 0.717) is 20.0 Å². The Morgan fingerprint density at radius 1 is 1.37 bits per heavy atom. The number of rotatable bonds is 5. The quantitative estimate of drug-likeness (QED) is 0.566. The first kappa shape index (κ1) is 14.7. The monoisotopic (exact) mass is 332 g/mol. The van der Waals surface area contributed by atoms with Crippen LogP contribution in [0, 0.1) is 0 Å². The Labute approximate surface area is 129 Å². The molecule has 100 valence electrons. The van der Waals surface area contributed by atoms with Gasteiger partial charge in [-0.1, -0.05) is 29.3 Å². The summed E-state index contributed by atoms with van der Waals surface area (Å²) in [6.07, 6.45) is 0. The fourth-order valence-electron chi connectivity index (χ4n) is 1.45. The number of hydrogen-bond donors (Lipinski definition) is 0. The Morgan fingerprint density at radius 3 is 2.79 bits per heavy atom. The summed E-state index contributed by atoms with van der Waals surface area (Å²) in [4.78, 5) is 13.0. The van der Waals surface area contributed by atoms with Crippen LogP contribution in [0.5, 0.6) is 5.75 Å². The van der Waals surface area contributed by atoms with Crippen LogP contribution in [-0.2, 0) is 0 Å². The molecular formula is C13H10Cl2O2S2. The summed E-state index contributed by atoms with van der Waals surface area (Å²) in [5, 5.41) is 0.